The number of anilines is 1. The largest absolute Gasteiger partial charge is 0.340 e. The molecule has 1 aromatic carbocycles. The number of piperidine rings is 1. The van der Waals surface area contributed by atoms with Crippen LogP contribution in [0.15, 0.2) is 48.5 Å². The molecule has 0 aliphatic carbocycles. The highest BCUT2D eigenvalue weighted by molar-refractivity contribution is 5.92. The summed E-state index contributed by atoms with van der Waals surface area (Å²) in [5.41, 5.74) is 2.99. The van der Waals surface area contributed by atoms with E-state index >= 15 is 0 Å². The number of amides is 2. The Morgan fingerprint density at radius 3 is 2.79 bits per heavy atom. The maximum atomic E-state index is 13.0. The molecule has 29 heavy (non-hydrogen) atoms. The van der Waals surface area contributed by atoms with Crippen molar-refractivity contribution < 1.29 is 9.59 Å². The minimum atomic E-state index is -0.211. The molecular formula is C23H26N4O2. The monoisotopic (exact) mass is 390 g/mol. The van der Waals surface area contributed by atoms with Crippen molar-refractivity contribution in [1.29, 1.82) is 0 Å². The molecule has 0 saturated carbocycles. The van der Waals surface area contributed by atoms with Gasteiger partial charge < -0.3 is 14.8 Å². The number of benzene rings is 1. The SMILES string of the molecule is Cc1cccc(NC(=O)C2CCCN(C(=O)Cn3c(C)cc4ccccc43)C2)n1. The van der Waals surface area contributed by atoms with Gasteiger partial charge in [0.1, 0.15) is 12.4 Å². The first-order chi connectivity index (χ1) is 14.0. The zero-order chi connectivity index (χ0) is 20.4. The van der Waals surface area contributed by atoms with Crippen LogP contribution in [-0.4, -0.2) is 39.4 Å². The van der Waals surface area contributed by atoms with Crippen LogP contribution in [0.2, 0.25) is 0 Å². The molecule has 1 saturated heterocycles. The number of nitrogens with zero attached hydrogens (tertiary/aromatic N) is 3. The number of hydrogen-bond donors (Lipinski definition) is 1. The predicted octanol–water partition coefficient (Wildman–Crippen LogP) is 3.53. The van der Waals surface area contributed by atoms with Gasteiger partial charge in [0.25, 0.3) is 0 Å². The summed E-state index contributed by atoms with van der Waals surface area (Å²) in [6, 6.07) is 15.7. The molecule has 6 nitrogen and oxygen atoms in total. The van der Waals surface area contributed by atoms with Gasteiger partial charge in [-0.3, -0.25) is 9.59 Å². The van der Waals surface area contributed by atoms with Gasteiger partial charge >= 0.3 is 0 Å². The molecule has 6 heteroatoms. The summed E-state index contributed by atoms with van der Waals surface area (Å²) in [6.07, 6.45) is 1.61. The van der Waals surface area contributed by atoms with E-state index in [-0.39, 0.29) is 17.7 Å². The fourth-order valence-corrected chi connectivity index (χ4v) is 4.05. The van der Waals surface area contributed by atoms with Gasteiger partial charge in [0.2, 0.25) is 11.8 Å². The summed E-state index contributed by atoms with van der Waals surface area (Å²) in [7, 11) is 0. The van der Waals surface area contributed by atoms with Crippen molar-refractivity contribution in [2.24, 2.45) is 5.92 Å². The highest BCUT2D eigenvalue weighted by Gasteiger charge is 2.29. The number of carbonyl (C=O) groups excluding carboxylic acids is 2. The highest BCUT2D eigenvalue weighted by atomic mass is 16.2. The van der Waals surface area contributed by atoms with Crippen molar-refractivity contribution >= 4 is 28.5 Å². The predicted molar refractivity (Wildman–Crippen MR) is 114 cm³/mol. The third-order valence-corrected chi connectivity index (χ3v) is 5.60. The van der Waals surface area contributed by atoms with Crippen LogP contribution in [0, 0.1) is 19.8 Å². The van der Waals surface area contributed by atoms with Crippen LogP contribution < -0.4 is 5.32 Å². The molecule has 1 atom stereocenters. The number of hydrogen-bond acceptors (Lipinski definition) is 3. The number of likely N-dealkylation sites (tertiary alicyclic amines) is 1. The van der Waals surface area contributed by atoms with Crippen molar-refractivity contribution in [3.8, 4) is 0 Å². The van der Waals surface area contributed by atoms with Crippen LogP contribution in [0.25, 0.3) is 10.9 Å². The normalized spacial score (nSPS) is 16.8. The Labute approximate surface area is 170 Å². The first kappa shape index (κ1) is 19.2. The van der Waals surface area contributed by atoms with Gasteiger partial charge in [-0.2, -0.15) is 0 Å². The lowest BCUT2D eigenvalue weighted by Gasteiger charge is -2.32. The van der Waals surface area contributed by atoms with Gasteiger partial charge in [-0.1, -0.05) is 24.3 Å². The van der Waals surface area contributed by atoms with Crippen LogP contribution in [0.4, 0.5) is 5.82 Å². The minimum Gasteiger partial charge on any atom is -0.340 e. The van der Waals surface area contributed by atoms with E-state index in [0.717, 1.165) is 35.1 Å². The molecular weight excluding hydrogens is 364 g/mol. The zero-order valence-corrected chi connectivity index (χ0v) is 16.9. The zero-order valence-electron chi connectivity index (χ0n) is 16.9. The molecule has 4 rings (SSSR count). The maximum absolute atomic E-state index is 13.0. The second kappa shape index (κ2) is 8.07. The molecule has 3 heterocycles. The third-order valence-electron chi connectivity index (χ3n) is 5.60. The van der Waals surface area contributed by atoms with Gasteiger partial charge in [0, 0.05) is 30.0 Å². The number of para-hydroxylation sites is 1. The fraction of sp³-hybridized carbons (Fsp3) is 0.348. The van der Waals surface area contributed by atoms with Gasteiger partial charge in [-0.05, 0) is 56.3 Å². The molecule has 0 bridgehead atoms. The highest BCUT2D eigenvalue weighted by Crippen LogP contribution is 2.22. The smallest absolute Gasteiger partial charge is 0.242 e. The number of rotatable bonds is 4. The van der Waals surface area contributed by atoms with Crippen molar-refractivity contribution in [2.45, 2.75) is 33.2 Å². The molecule has 1 fully saturated rings. The van der Waals surface area contributed by atoms with Gasteiger partial charge in [0.15, 0.2) is 0 Å². The van der Waals surface area contributed by atoms with Crippen molar-refractivity contribution in [1.82, 2.24) is 14.5 Å². The van der Waals surface area contributed by atoms with E-state index in [9.17, 15) is 9.59 Å². The van der Waals surface area contributed by atoms with Crippen LogP contribution in [0.5, 0.6) is 0 Å². The summed E-state index contributed by atoms with van der Waals surface area (Å²) < 4.78 is 2.05. The number of carbonyl (C=O) groups is 2. The van der Waals surface area contributed by atoms with E-state index in [4.69, 9.17) is 0 Å². The first-order valence-electron chi connectivity index (χ1n) is 10.1. The van der Waals surface area contributed by atoms with E-state index in [0.29, 0.717) is 25.5 Å². The summed E-state index contributed by atoms with van der Waals surface area (Å²) in [5.74, 6) is 0.342. The molecule has 2 amide bonds. The average molecular weight is 390 g/mol. The quantitative estimate of drug-likeness (QED) is 0.741. The number of aryl methyl sites for hydroxylation is 2. The summed E-state index contributed by atoms with van der Waals surface area (Å²) in [4.78, 5) is 31.9. The third kappa shape index (κ3) is 4.16. The summed E-state index contributed by atoms with van der Waals surface area (Å²) in [5, 5.41) is 4.04. The first-order valence-corrected chi connectivity index (χ1v) is 10.1. The molecule has 1 N–H and O–H groups in total. The van der Waals surface area contributed by atoms with E-state index < -0.39 is 0 Å². The molecule has 150 valence electrons. The lowest BCUT2D eigenvalue weighted by molar-refractivity contribution is -0.135. The molecule has 3 aromatic rings. The molecule has 1 aliphatic rings. The number of nitrogens with one attached hydrogen (secondary N) is 1. The lowest BCUT2D eigenvalue weighted by atomic mass is 9.97. The molecule has 0 radical (unpaired) electrons. The average Bonchev–Trinajstić information content (AvgIpc) is 3.03. The maximum Gasteiger partial charge on any atom is 0.242 e. The number of fused-ring (bicyclic) bond motifs is 1. The van der Waals surface area contributed by atoms with Gasteiger partial charge in [-0.25, -0.2) is 4.98 Å². The van der Waals surface area contributed by atoms with Crippen molar-refractivity contribution in [3.63, 3.8) is 0 Å². The molecule has 1 aliphatic heterocycles. The Hall–Kier alpha value is -3.15. The topological polar surface area (TPSA) is 67.2 Å². The van der Waals surface area contributed by atoms with E-state index in [1.807, 2.05) is 49.1 Å². The van der Waals surface area contributed by atoms with E-state index in [2.05, 4.69) is 27.0 Å². The van der Waals surface area contributed by atoms with Crippen LogP contribution in [0.3, 0.4) is 0 Å². The minimum absolute atomic E-state index is 0.0561. The standard InChI is InChI=1S/C23H26N4O2/c1-16-7-5-11-21(24-16)25-23(29)19-9-6-12-26(14-19)22(28)15-27-17(2)13-18-8-3-4-10-20(18)27/h3-5,7-8,10-11,13,19H,6,9,12,14-15H2,1-2H3,(H,24,25,29). The molecule has 0 spiro atoms. The Morgan fingerprint density at radius 2 is 1.97 bits per heavy atom. The Kier molecular flexibility index (Phi) is 5.34. The molecule has 2 aromatic heterocycles. The fourth-order valence-electron chi connectivity index (χ4n) is 4.05. The van der Waals surface area contributed by atoms with Gasteiger partial charge in [0.05, 0.1) is 5.92 Å². The summed E-state index contributed by atoms with van der Waals surface area (Å²) in [6.45, 7) is 5.36. The Bertz CT molecular complexity index is 1060. The Balaban J connectivity index is 1.43. The Morgan fingerprint density at radius 1 is 1.14 bits per heavy atom. The van der Waals surface area contributed by atoms with Crippen molar-refractivity contribution in [2.75, 3.05) is 18.4 Å². The van der Waals surface area contributed by atoms with Crippen LogP contribution >= 0.6 is 0 Å². The van der Waals surface area contributed by atoms with E-state index in [1.165, 1.54) is 0 Å². The van der Waals surface area contributed by atoms with E-state index in [1.54, 1.807) is 6.07 Å². The van der Waals surface area contributed by atoms with Crippen molar-refractivity contribution in [3.05, 3.63) is 59.9 Å². The lowest BCUT2D eigenvalue weighted by Crippen LogP contribution is -2.45. The number of pyridine rings is 1. The van der Waals surface area contributed by atoms with Gasteiger partial charge in [-0.15, -0.1) is 0 Å². The van der Waals surface area contributed by atoms with Crippen LogP contribution in [0.1, 0.15) is 24.2 Å². The molecule has 1 unspecified atom stereocenters. The summed E-state index contributed by atoms with van der Waals surface area (Å²) >= 11 is 0. The number of aromatic nitrogens is 2. The second-order valence-electron chi connectivity index (χ2n) is 7.76. The van der Waals surface area contributed by atoms with Crippen LogP contribution in [-0.2, 0) is 16.1 Å². The second-order valence-corrected chi connectivity index (χ2v) is 7.76.